The van der Waals surface area contributed by atoms with Crippen molar-refractivity contribution in [1.82, 2.24) is 10.3 Å². The Labute approximate surface area is 139 Å². The molecular weight excluding hydrogens is 372 g/mol. The van der Waals surface area contributed by atoms with Gasteiger partial charge < -0.3 is 5.32 Å². The Balaban J connectivity index is 2.11. The van der Waals surface area contributed by atoms with E-state index in [9.17, 15) is 22.0 Å². The molecule has 1 aromatic heterocycles. The van der Waals surface area contributed by atoms with Crippen molar-refractivity contribution in [2.24, 2.45) is 0 Å². The number of nitrogens with one attached hydrogen (secondary N) is 2. The highest BCUT2D eigenvalue weighted by Crippen LogP contribution is 2.22. The maximum Gasteiger partial charge on any atom is 0.271 e. The molecular formula is C12H10ClF2N3O3S2. The van der Waals surface area contributed by atoms with Gasteiger partial charge in [0.25, 0.3) is 5.91 Å². The van der Waals surface area contributed by atoms with Crippen molar-refractivity contribution >= 4 is 44.6 Å². The number of amides is 1. The van der Waals surface area contributed by atoms with Crippen LogP contribution in [0.5, 0.6) is 0 Å². The summed E-state index contributed by atoms with van der Waals surface area (Å²) in [6.45, 7) is -0.166. The van der Waals surface area contributed by atoms with Crippen LogP contribution < -0.4 is 10.0 Å². The molecule has 0 aliphatic rings. The molecule has 1 aromatic carbocycles. The third-order valence-electron chi connectivity index (χ3n) is 2.55. The van der Waals surface area contributed by atoms with Crippen LogP contribution in [-0.4, -0.2) is 25.6 Å². The fourth-order valence-electron chi connectivity index (χ4n) is 1.64. The summed E-state index contributed by atoms with van der Waals surface area (Å²) < 4.78 is 51.6. The minimum Gasteiger partial charge on any atom is -0.347 e. The van der Waals surface area contributed by atoms with Crippen LogP contribution in [0.25, 0.3) is 0 Å². The van der Waals surface area contributed by atoms with E-state index in [2.05, 4.69) is 10.3 Å². The van der Waals surface area contributed by atoms with E-state index < -0.39 is 33.3 Å². The third-order valence-corrected chi connectivity index (χ3v) is 4.10. The predicted molar refractivity (Wildman–Crippen MR) is 83.1 cm³/mol. The first-order valence-electron chi connectivity index (χ1n) is 6.00. The highest BCUT2D eigenvalue weighted by atomic mass is 35.5. The van der Waals surface area contributed by atoms with Gasteiger partial charge in [-0.15, -0.1) is 11.3 Å². The topological polar surface area (TPSA) is 88.2 Å². The van der Waals surface area contributed by atoms with Crippen molar-refractivity contribution in [1.29, 1.82) is 0 Å². The average Bonchev–Trinajstić information content (AvgIpc) is 2.86. The minimum absolute atomic E-state index is 0.0938. The summed E-state index contributed by atoms with van der Waals surface area (Å²) >= 11 is 6.68. The number of benzene rings is 1. The predicted octanol–water partition coefficient (Wildman–Crippen LogP) is 2.38. The average molecular weight is 382 g/mol. The number of hydrogen-bond acceptors (Lipinski definition) is 5. The van der Waals surface area contributed by atoms with E-state index in [1.165, 1.54) is 5.38 Å². The van der Waals surface area contributed by atoms with Crippen LogP contribution in [0.2, 0.25) is 4.47 Å². The van der Waals surface area contributed by atoms with Gasteiger partial charge >= 0.3 is 0 Å². The Morgan fingerprint density at radius 1 is 1.35 bits per heavy atom. The first-order chi connectivity index (χ1) is 10.7. The number of aromatic nitrogens is 1. The van der Waals surface area contributed by atoms with Crippen LogP contribution in [0.3, 0.4) is 0 Å². The third kappa shape index (κ3) is 4.85. The van der Waals surface area contributed by atoms with Gasteiger partial charge in [-0.2, -0.15) is 0 Å². The molecule has 0 saturated carbocycles. The van der Waals surface area contributed by atoms with Crippen LogP contribution in [0, 0.1) is 11.6 Å². The van der Waals surface area contributed by atoms with Gasteiger partial charge in [-0.3, -0.25) is 9.52 Å². The number of rotatable bonds is 5. The second kappa shape index (κ2) is 6.77. The zero-order valence-electron chi connectivity index (χ0n) is 11.6. The Morgan fingerprint density at radius 3 is 2.43 bits per heavy atom. The first kappa shape index (κ1) is 17.6. The maximum absolute atomic E-state index is 13.8. The van der Waals surface area contributed by atoms with Crippen LogP contribution in [0.15, 0.2) is 17.5 Å². The molecule has 0 spiro atoms. The molecule has 0 fully saturated rings. The van der Waals surface area contributed by atoms with Crippen molar-refractivity contribution in [3.8, 4) is 0 Å². The SMILES string of the molecule is CS(=O)(=O)Nc1c(F)cc(CNC(=O)c2csc(Cl)n2)cc1F. The van der Waals surface area contributed by atoms with Crippen LogP contribution >= 0.6 is 22.9 Å². The summed E-state index contributed by atoms with van der Waals surface area (Å²) in [5.74, 6) is -2.72. The van der Waals surface area contributed by atoms with E-state index in [-0.39, 0.29) is 22.3 Å². The summed E-state index contributed by atoms with van der Waals surface area (Å²) in [4.78, 5) is 15.5. The summed E-state index contributed by atoms with van der Waals surface area (Å²) in [5, 5.41) is 3.87. The lowest BCUT2D eigenvalue weighted by Gasteiger charge is -2.09. The molecule has 0 bridgehead atoms. The zero-order chi connectivity index (χ0) is 17.2. The molecule has 0 saturated heterocycles. The quantitative estimate of drug-likeness (QED) is 0.832. The lowest BCUT2D eigenvalue weighted by molar-refractivity contribution is 0.0946. The Morgan fingerprint density at radius 2 is 1.96 bits per heavy atom. The molecule has 124 valence electrons. The van der Waals surface area contributed by atoms with E-state index >= 15 is 0 Å². The lowest BCUT2D eigenvalue weighted by Crippen LogP contribution is -2.23. The molecule has 2 rings (SSSR count). The number of hydrogen-bond donors (Lipinski definition) is 2. The minimum atomic E-state index is -3.81. The van der Waals surface area contributed by atoms with E-state index in [4.69, 9.17) is 11.6 Å². The van der Waals surface area contributed by atoms with Crippen molar-refractivity contribution < 1.29 is 22.0 Å². The van der Waals surface area contributed by atoms with Crippen molar-refractivity contribution in [2.75, 3.05) is 11.0 Å². The highest BCUT2D eigenvalue weighted by Gasteiger charge is 2.16. The molecule has 6 nitrogen and oxygen atoms in total. The highest BCUT2D eigenvalue weighted by molar-refractivity contribution is 7.92. The number of nitrogens with zero attached hydrogens (tertiary/aromatic N) is 1. The van der Waals surface area contributed by atoms with Gasteiger partial charge in [0, 0.05) is 11.9 Å². The molecule has 0 unspecified atom stereocenters. The Bertz CT molecular complexity index is 832. The van der Waals surface area contributed by atoms with Crippen molar-refractivity contribution in [3.05, 3.63) is 44.9 Å². The molecule has 23 heavy (non-hydrogen) atoms. The first-order valence-corrected chi connectivity index (χ1v) is 9.15. The molecule has 0 aliphatic carbocycles. The van der Waals surface area contributed by atoms with E-state index in [0.29, 0.717) is 0 Å². The molecule has 2 N–H and O–H groups in total. The second-order valence-corrected chi connectivity index (χ2v) is 7.67. The van der Waals surface area contributed by atoms with Gasteiger partial charge in [0.2, 0.25) is 10.0 Å². The molecule has 1 heterocycles. The van der Waals surface area contributed by atoms with Crippen LogP contribution in [-0.2, 0) is 16.6 Å². The van der Waals surface area contributed by atoms with Gasteiger partial charge in [0.1, 0.15) is 11.4 Å². The number of carbonyl (C=O) groups excluding carboxylic acids is 1. The van der Waals surface area contributed by atoms with Gasteiger partial charge in [0.15, 0.2) is 16.1 Å². The maximum atomic E-state index is 13.8. The van der Waals surface area contributed by atoms with Gasteiger partial charge in [-0.05, 0) is 17.7 Å². The molecule has 1 amide bonds. The fourth-order valence-corrected chi connectivity index (χ4v) is 2.95. The largest absolute Gasteiger partial charge is 0.347 e. The zero-order valence-corrected chi connectivity index (χ0v) is 14.0. The number of halogens is 3. The van der Waals surface area contributed by atoms with E-state index in [1.807, 2.05) is 0 Å². The van der Waals surface area contributed by atoms with Gasteiger partial charge in [-0.25, -0.2) is 22.2 Å². The summed E-state index contributed by atoms with van der Waals surface area (Å²) in [6.07, 6.45) is 0.777. The smallest absolute Gasteiger partial charge is 0.271 e. The summed E-state index contributed by atoms with van der Waals surface area (Å²) in [7, 11) is -3.81. The molecule has 0 radical (unpaired) electrons. The molecule has 2 aromatic rings. The van der Waals surface area contributed by atoms with E-state index in [0.717, 1.165) is 29.7 Å². The number of thiazole rings is 1. The number of sulfonamides is 1. The molecule has 0 atom stereocenters. The number of anilines is 1. The van der Waals surface area contributed by atoms with E-state index in [1.54, 1.807) is 4.72 Å². The summed E-state index contributed by atoms with van der Waals surface area (Å²) in [6, 6.07) is 1.84. The second-order valence-electron chi connectivity index (χ2n) is 4.48. The number of carbonyl (C=O) groups is 1. The standard InChI is InChI=1S/C12H10ClF2N3O3S2/c1-23(20,21)18-10-7(14)2-6(3-8(10)15)4-16-11(19)9-5-22-12(13)17-9/h2-3,5,18H,4H2,1H3,(H,16,19). The monoisotopic (exact) mass is 381 g/mol. The normalized spacial score (nSPS) is 11.3. The van der Waals surface area contributed by atoms with Crippen molar-refractivity contribution in [2.45, 2.75) is 6.54 Å². The lowest BCUT2D eigenvalue weighted by atomic mass is 10.2. The van der Waals surface area contributed by atoms with Gasteiger partial charge in [0.05, 0.1) is 6.26 Å². The fraction of sp³-hybridized carbons (Fsp3) is 0.167. The van der Waals surface area contributed by atoms with Crippen LogP contribution in [0.4, 0.5) is 14.5 Å². The van der Waals surface area contributed by atoms with Gasteiger partial charge in [-0.1, -0.05) is 11.6 Å². The summed E-state index contributed by atoms with van der Waals surface area (Å²) in [5.41, 5.74) is -0.557. The Hall–Kier alpha value is -1.78. The van der Waals surface area contributed by atoms with Crippen LogP contribution in [0.1, 0.15) is 16.1 Å². The molecule has 11 heteroatoms. The molecule has 0 aliphatic heterocycles. The van der Waals surface area contributed by atoms with Crippen molar-refractivity contribution in [3.63, 3.8) is 0 Å². The Kier molecular flexibility index (Phi) is 5.17.